The molecule has 4 rings (SSSR count). The topological polar surface area (TPSA) is 94.2 Å². The number of para-hydroxylation sites is 3. The predicted molar refractivity (Wildman–Crippen MR) is 129 cm³/mol. The molecule has 1 heterocycles. The van der Waals surface area contributed by atoms with Crippen molar-refractivity contribution in [3.8, 4) is 23.0 Å². The molecule has 2 unspecified atom stereocenters. The Morgan fingerprint density at radius 1 is 1.00 bits per heavy atom. The standard InChI is InChI=1S/C25H26N2O6S/c1-18(25(28)26-16-22-17-31-23-10-6-7-11-24(23)33-22)27(34(2,29)30)19-12-14-21(15-13-19)32-20-8-4-3-5-9-20/h3-15,18,22H,16-17H2,1-2H3,(H,26,28). The second kappa shape index (κ2) is 10.0. The van der Waals surface area contributed by atoms with Crippen molar-refractivity contribution in [2.45, 2.75) is 19.1 Å². The summed E-state index contributed by atoms with van der Waals surface area (Å²) >= 11 is 0. The third-order valence-corrected chi connectivity index (χ3v) is 6.47. The number of rotatable bonds is 8. The van der Waals surface area contributed by atoms with Gasteiger partial charge in [0, 0.05) is 0 Å². The summed E-state index contributed by atoms with van der Waals surface area (Å²) in [5.74, 6) is 2.03. The zero-order chi connectivity index (χ0) is 24.1. The van der Waals surface area contributed by atoms with E-state index in [0.717, 1.165) is 10.6 Å². The van der Waals surface area contributed by atoms with Gasteiger partial charge in [-0.1, -0.05) is 30.3 Å². The highest BCUT2D eigenvalue weighted by molar-refractivity contribution is 7.92. The SMILES string of the molecule is CC(C(=O)NCC1COc2ccccc2O1)N(c1ccc(Oc2ccccc2)cc1)S(C)(=O)=O. The van der Waals surface area contributed by atoms with E-state index in [0.29, 0.717) is 28.7 Å². The van der Waals surface area contributed by atoms with Crippen molar-refractivity contribution in [2.24, 2.45) is 0 Å². The summed E-state index contributed by atoms with van der Waals surface area (Å²) in [6.07, 6.45) is 0.687. The average Bonchev–Trinajstić information content (AvgIpc) is 2.83. The van der Waals surface area contributed by atoms with Crippen LogP contribution in [-0.2, 0) is 14.8 Å². The third kappa shape index (κ3) is 5.60. The number of hydrogen-bond donors (Lipinski definition) is 1. The fourth-order valence-electron chi connectivity index (χ4n) is 3.62. The zero-order valence-corrected chi connectivity index (χ0v) is 19.7. The Bertz CT molecular complexity index is 1230. The normalized spacial score (nSPS) is 15.8. The Morgan fingerprint density at radius 3 is 2.29 bits per heavy atom. The second-order valence-electron chi connectivity index (χ2n) is 7.89. The van der Waals surface area contributed by atoms with E-state index in [-0.39, 0.29) is 19.3 Å². The van der Waals surface area contributed by atoms with Crippen LogP contribution in [-0.4, -0.2) is 45.9 Å². The Labute approximate surface area is 199 Å². The largest absolute Gasteiger partial charge is 0.486 e. The highest BCUT2D eigenvalue weighted by Gasteiger charge is 2.30. The van der Waals surface area contributed by atoms with Crippen LogP contribution in [0.3, 0.4) is 0 Å². The summed E-state index contributed by atoms with van der Waals surface area (Å²) in [7, 11) is -3.74. The first-order chi connectivity index (χ1) is 16.3. The molecule has 1 N–H and O–H groups in total. The van der Waals surface area contributed by atoms with Gasteiger partial charge in [0.2, 0.25) is 15.9 Å². The van der Waals surface area contributed by atoms with E-state index < -0.39 is 22.0 Å². The number of anilines is 1. The van der Waals surface area contributed by atoms with Gasteiger partial charge in [-0.3, -0.25) is 9.10 Å². The van der Waals surface area contributed by atoms with Crippen LogP contribution < -0.4 is 23.8 Å². The number of sulfonamides is 1. The third-order valence-electron chi connectivity index (χ3n) is 5.23. The lowest BCUT2D eigenvalue weighted by molar-refractivity contribution is -0.122. The van der Waals surface area contributed by atoms with Crippen molar-refractivity contribution < 1.29 is 27.4 Å². The van der Waals surface area contributed by atoms with Gasteiger partial charge in [0.15, 0.2) is 11.5 Å². The van der Waals surface area contributed by atoms with Gasteiger partial charge in [0.1, 0.15) is 30.3 Å². The van der Waals surface area contributed by atoms with Gasteiger partial charge in [-0.2, -0.15) is 0 Å². The molecule has 0 radical (unpaired) electrons. The summed E-state index contributed by atoms with van der Waals surface area (Å²) in [4.78, 5) is 12.9. The lowest BCUT2D eigenvalue weighted by Gasteiger charge is -2.30. The molecule has 3 aromatic rings. The fourth-order valence-corrected chi connectivity index (χ4v) is 4.80. The highest BCUT2D eigenvalue weighted by Crippen LogP contribution is 2.31. The molecule has 3 aromatic carbocycles. The zero-order valence-electron chi connectivity index (χ0n) is 18.9. The van der Waals surface area contributed by atoms with Crippen molar-refractivity contribution in [1.29, 1.82) is 0 Å². The molecule has 1 aliphatic heterocycles. The summed E-state index contributed by atoms with van der Waals surface area (Å²) < 4.78 is 43.5. The van der Waals surface area contributed by atoms with Crippen molar-refractivity contribution in [3.05, 3.63) is 78.9 Å². The fraction of sp³-hybridized carbons (Fsp3) is 0.240. The number of amides is 1. The minimum absolute atomic E-state index is 0.180. The molecule has 0 aromatic heterocycles. The molecule has 9 heteroatoms. The molecule has 178 valence electrons. The molecule has 34 heavy (non-hydrogen) atoms. The van der Waals surface area contributed by atoms with Crippen LogP contribution in [0.4, 0.5) is 5.69 Å². The summed E-state index contributed by atoms with van der Waals surface area (Å²) in [6, 6.07) is 22.1. The summed E-state index contributed by atoms with van der Waals surface area (Å²) in [6.45, 7) is 2.00. The molecule has 0 saturated heterocycles. The first-order valence-corrected chi connectivity index (χ1v) is 12.6. The van der Waals surface area contributed by atoms with Crippen LogP contribution in [0, 0.1) is 0 Å². The lowest BCUT2D eigenvalue weighted by atomic mass is 10.2. The Morgan fingerprint density at radius 2 is 1.62 bits per heavy atom. The van der Waals surface area contributed by atoms with Crippen LogP contribution >= 0.6 is 0 Å². The number of carbonyl (C=O) groups excluding carboxylic acids is 1. The molecule has 0 aliphatic carbocycles. The highest BCUT2D eigenvalue weighted by atomic mass is 32.2. The molecule has 1 amide bonds. The lowest BCUT2D eigenvalue weighted by Crippen LogP contribution is -2.50. The maximum absolute atomic E-state index is 12.9. The van der Waals surface area contributed by atoms with Gasteiger partial charge < -0.3 is 19.5 Å². The van der Waals surface area contributed by atoms with E-state index in [9.17, 15) is 13.2 Å². The van der Waals surface area contributed by atoms with Gasteiger partial charge in [-0.05, 0) is 55.5 Å². The smallest absolute Gasteiger partial charge is 0.243 e. The number of fused-ring (bicyclic) bond motifs is 1. The number of benzene rings is 3. The van der Waals surface area contributed by atoms with E-state index in [1.165, 1.54) is 6.92 Å². The van der Waals surface area contributed by atoms with Crippen molar-refractivity contribution in [2.75, 3.05) is 23.7 Å². The van der Waals surface area contributed by atoms with E-state index in [1.54, 1.807) is 30.3 Å². The number of nitrogens with one attached hydrogen (secondary N) is 1. The summed E-state index contributed by atoms with van der Waals surface area (Å²) in [5, 5.41) is 2.77. The van der Waals surface area contributed by atoms with Crippen molar-refractivity contribution in [3.63, 3.8) is 0 Å². The van der Waals surface area contributed by atoms with Gasteiger partial charge in [0.25, 0.3) is 0 Å². The molecule has 2 atom stereocenters. The van der Waals surface area contributed by atoms with Crippen molar-refractivity contribution in [1.82, 2.24) is 5.32 Å². The molecule has 0 saturated carbocycles. The van der Waals surface area contributed by atoms with E-state index in [2.05, 4.69) is 5.32 Å². The molecule has 0 spiro atoms. The van der Waals surface area contributed by atoms with Crippen LogP contribution in [0.1, 0.15) is 6.92 Å². The Kier molecular flexibility index (Phi) is 6.93. The van der Waals surface area contributed by atoms with Crippen LogP contribution in [0.25, 0.3) is 0 Å². The first kappa shape index (κ1) is 23.4. The minimum atomic E-state index is -3.74. The number of ether oxygens (including phenoxy) is 3. The number of carbonyl (C=O) groups is 1. The van der Waals surface area contributed by atoms with Gasteiger partial charge >= 0.3 is 0 Å². The van der Waals surface area contributed by atoms with E-state index in [1.807, 2.05) is 48.5 Å². The second-order valence-corrected chi connectivity index (χ2v) is 9.75. The van der Waals surface area contributed by atoms with Crippen molar-refractivity contribution >= 4 is 21.6 Å². The maximum atomic E-state index is 12.9. The molecule has 0 fully saturated rings. The quantitative estimate of drug-likeness (QED) is 0.527. The van der Waals surface area contributed by atoms with Crippen LogP contribution in [0.15, 0.2) is 78.9 Å². The summed E-state index contributed by atoms with van der Waals surface area (Å²) in [5.41, 5.74) is 0.358. The Balaban J connectivity index is 1.41. The molecular weight excluding hydrogens is 456 g/mol. The monoisotopic (exact) mass is 482 g/mol. The molecular formula is C25H26N2O6S. The molecule has 8 nitrogen and oxygen atoms in total. The predicted octanol–water partition coefficient (Wildman–Crippen LogP) is 3.59. The van der Waals surface area contributed by atoms with E-state index >= 15 is 0 Å². The van der Waals surface area contributed by atoms with Gasteiger partial charge in [-0.15, -0.1) is 0 Å². The molecule has 0 bridgehead atoms. The van der Waals surface area contributed by atoms with Crippen LogP contribution in [0.5, 0.6) is 23.0 Å². The van der Waals surface area contributed by atoms with Crippen LogP contribution in [0.2, 0.25) is 0 Å². The van der Waals surface area contributed by atoms with Gasteiger partial charge in [-0.25, -0.2) is 8.42 Å². The maximum Gasteiger partial charge on any atom is 0.243 e. The first-order valence-electron chi connectivity index (χ1n) is 10.8. The minimum Gasteiger partial charge on any atom is -0.486 e. The Hall–Kier alpha value is -3.72. The van der Waals surface area contributed by atoms with E-state index in [4.69, 9.17) is 14.2 Å². The van der Waals surface area contributed by atoms with Gasteiger partial charge in [0.05, 0.1) is 18.5 Å². The average molecular weight is 483 g/mol. The number of hydrogen-bond acceptors (Lipinski definition) is 6. The number of nitrogens with zero attached hydrogens (tertiary/aromatic N) is 1. The molecule has 1 aliphatic rings.